The van der Waals surface area contributed by atoms with Gasteiger partial charge in [0.2, 0.25) is 0 Å². The highest BCUT2D eigenvalue weighted by Crippen LogP contribution is 2.48. The van der Waals surface area contributed by atoms with Crippen LogP contribution in [0.5, 0.6) is 0 Å². The van der Waals surface area contributed by atoms with Crippen LogP contribution in [0, 0.1) is 0 Å². The molecular weight excluding hydrogens is 789 g/mol. The third-order valence-electron chi connectivity index (χ3n) is 9.32. The Hall–Kier alpha value is -4.50. The Morgan fingerprint density at radius 2 is 1.31 bits per heavy atom. The quantitative estimate of drug-likeness (QED) is 0.0771. The molecule has 55 heavy (non-hydrogen) atoms. The Morgan fingerprint density at radius 3 is 1.87 bits per heavy atom. The first-order valence-electron chi connectivity index (χ1n) is 17.2. The molecule has 0 atom stereocenters. The van der Waals surface area contributed by atoms with Crippen LogP contribution in [0.1, 0.15) is 35.0 Å². The van der Waals surface area contributed by atoms with E-state index in [-0.39, 0.29) is 30.7 Å². The molecule has 0 spiro atoms. The van der Waals surface area contributed by atoms with E-state index in [0.29, 0.717) is 42.4 Å². The Kier molecular flexibility index (Phi) is 11.6. The van der Waals surface area contributed by atoms with Gasteiger partial charge in [0.15, 0.2) is 11.0 Å². The number of nitrogens with zero attached hydrogens (tertiary/aromatic N) is 4. The second-order valence-electron chi connectivity index (χ2n) is 12.8. The summed E-state index contributed by atoms with van der Waals surface area (Å²) in [4.78, 5) is 3.57. The topological polar surface area (TPSA) is 69.7 Å². The van der Waals surface area contributed by atoms with Crippen molar-refractivity contribution in [1.82, 2.24) is 4.57 Å². The van der Waals surface area contributed by atoms with Crippen LogP contribution in [-0.2, 0) is 48.4 Å². The fraction of sp³-hybridized carbons (Fsp3) is 0.256. The molecule has 1 aromatic heterocycles. The van der Waals surface area contributed by atoms with Crippen LogP contribution < -0.4 is 14.4 Å². The number of allylic oxidation sites excluding steroid dienone is 2. The van der Waals surface area contributed by atoms with E-state index >= 15 is 0 Å². The van der Waals surface area contributed by atoms with Crippen LogP contribution in [0.3, 0.4) is 0 Å². The molecule has 16 heteroatoms. The number of aryl methyl sites for hydroxylation is 3. The van der Waals surface area contributed by atoms with Crippen molar-refractivity contribution >= 4 is 61.8 Å². The molecule has 2 heterocycles. The van der Waals surface area contributed by atoms with Crippen molar-refractivity contribution < 1.29 is 43.9 Å². The van der Waals surface area contributed by atoms with Gasteiger partial charge in [-0.2, -0.15) is 34.8 Å². The standard InChI is InChI=1S/C39H34Cl2F6N4O3S/c1-2-48-34-24-30(40)28(38(42,43)44)22-32(34)49(18-16-26-10-5-3-6-11-26)36(48)14-9-15-37-50(19-17-27-12-7-4-8-13-27)33-23-29(39(45,46)47)31(41)25-35(33)51(37)20-21-55(52,53)54/h3-15,22-25H,2,16-21H2,1H3/p+1. The van der Waals surface area contributed by atoms with Crippen molar-refractivity contribution in [1.29, 1.82) is 0 Å². The largest absolute Gasteiger partial charge is 0.418 e. The first-order chi connectivity index (χ1) is 26.0. The lowest BCUT2D eigenvalue weighted by molar-refractivity contribution is -0.669. The number of halogens is 8. The van der Waals surface area contributed by atoms with Gasteiger partial charge in [0.05, 0.1) is 39.1 Å². The third kappa shape index (κ3) is 8.98. The van der Waals surface area contributed by atoms with Gasteiger partial charge in [-0.1, -0.05) is 89.9 Å². The molecule has 1 aliphatic heterocycles. The Labute approximate surface area is 324 Å². The summed E-state index contributed by atoms with van der Waals surface area (Å²) in [5.74, 6) is 0.0577. The summed E-state index contributed by atoms with van der Waals surface area (Å²) >= 11 is 12.3. The van der Waals surface area contributed by atoms with Crippen LogP contribution in [0.2, 0.25) is 10.0 Å². The number of imidazole rings is 1. The fourth-order valence-electron chi connectivity index (χ4n) is 6.78. The summed E-state index contributed by atoms with van der Waals surface area (Å²) < 4.78 is 121. The van der Waals surface area contributed by atoms with Gasteiger partial charge >= 0.3 is 12.4 Å². The Bertz CT molecular complexity index is 2360. The molecule has 1 N–H and O–H groups in total. The van der Waals surface area contributed by atoms with Gasteiger partial charge in [0.25, 0.3) is 15.9 Å². The maximum absolute atomic E-state index is 14.1. The van der Waals surface area contributed by atoms with E-state index in [1.807, 2.05) is 72.5 Å². The van der Waals surface area contributed by atoms with E-state index in [9.17, 15) is 39.3 Å². The van der Waals surface area contributed by atoms with Crippen molar-refractivity contribution in [2.75, 3.05) is 28.6 Å². The maximum atomic E-state index is 14.1. The summed E-state index contributed by atoms with van der Waals surface area (Å²) in [5, 5.41) is -1.05. The average Bonchev–Trinajstić information content (AvgIpc) is 3.56. The van der Waals surface area contributed by atoms with Crippen molar-refractivity contribution in [3.8, 4) is 0 Å². The summed E-state index contributed by atoms with van der Waals surface area (Å²) in [5.41, 5.74) is 0.870. The molecule has 1 aliphatic rings. The van der Waals surface area contributed by atoms with Gasteiger partial charge in [-0.15, -0.1) is 0 Å². The van der Waals surface area contributed by atoms with E-state index in [0.717, 1.165) is 29.3 Å². The molecule has 0 bridgehead atoms. The van der Waals surface area contributed by atoms with Crippen molar-refractivity contribution in [3.05, 3.63) is 141 Å². The van der Waals surface area contributed by atoms with Crippen LogP contribution in [0.4, 0.5) is 37.7 Å². The van der Waals surface area contributed by atoms with E-state index in [2.05, 4.69) is 0 Å². The third-order valence-corrected chi connectivity index (χ3v) is 10.6. The zero-order valence-corrected chi connectivity index (χ0v) is 31.6. The molecule has 7 nitrogen and oxygen atoms in total. The van der Waals surface area contributed by atoms with Crippen molar-refractivity contribution in [3.63, 3.8) is 0 Å². The zero-order valence-electron chi connectivity index (χ0n) is 29.2. The van der Waals surface area contributed by atoms with E-state index in [1.165, 1.54) is 10.6 Å². The number of aromatic nitrogens is 2. The maximum Gasteiger partial charge on any atom is 0.418 e. The van der Waals surface area contributed by atoms with Gasteiger partial charge in [-0.25, -0.2) is 9.13 Å². The first-order valence-corrected chi connectivity index (χ1v) is 19.5. The Balaban J connectivity index is 1.51. The van der Waals surface area contributed by atoms with Gasteiger partial charge in [0, 0.05) is 37.7 Å². The lowest BCUT2D eigenvalue weighted by Gasteiger charge is -2.24. The molecule has 5 aromatic rings. The lowest BCUT2D eigenvalue weighted by atomic mass is 10.1. The molecule has 0 unspecified atom stereocenters. The van der Waals surface area contributed by atoms with Crippen LogP contribution >= 0.6 is 23.2 Å². The molecule has 6 rings (SSSR count). The number of rotatable bonds is 12. The number of fused-ring (bicyclic) bond motifs is 2. The highest BCUT2D eigenvalue weighted by molar-refractivity contribution is 7.85. The zero-order chi connectivity index (χ0) is 39.7. The highest BCUT2D eigenvalue weighted by Gasteiger charge is 2.39. The molecule has 4 aromatic carbocycles. The average molecular weight is 825 g/mol. The molecule has 0 amide bonds. The predicted molar refractivity (Wildman–Crippen MR) is 203 cm³/mol. The van der Waals surface area contributed by atoms with Gasteiger partial charge in [-0.05, 0) is 42.7 Å². The minimum absolute atomic E-state index is 0.123. The monoisotopic (exact) mass is 823 g/mol. The van der Waals surface area contributed by atoms with Crippen LogP contribution in [-0.4, -0.2) is 36.4 Å². The normalized spacial score (nSPS) is 14.5. The molecule has 0 aliphatic carbocycles. The number of hydrogen-bond acceptors (Lipinski definition) is 4. The van der Waals surface area contributed by atoms with Gasteiger partial charge in [0.1, 0.15) is 18.1 Å². The van der Waals surface area contributed by atoms with E-state index < -0.39 is 49.4 Å². The molecule has 0 saturated carbocycles. The van der Waals surface area contributed by atoms with E-state index in [1.54, 1.807) is 27.7 Å². The predicted octanol–water partition coefficient (Wildman–Crippen LogP) is 9.85. The lowest BCUT2D eigenvalue weighted by Crippen LogP contribution is -2.39. The van der Waals surface area contributed by atoms with Gasteiger partial charge in [-0.3, -0.25) is 4.55 Å². The molecule has 290 valence electrons. The Morgan fingerprint density at radius 1 is 0.764 bits per heavy atom. The highest BCUT2D eigenvalue weighted by atomic mass is 35.5. The number of benzene rings is 4. The molecular formula is C39H35Cl2F6N4O3S+. The van der Waals surface area contributed by atoms with E-state index in [4.69, 9.17) is 23.2 Å². The van der Waals surface area contributed by atoms with Crippen LogP contribution in [0.15, 0.2) is 103 Å². The second-order valence-corrected chi connectivity index (χ2v) is 15.2. The SMILES string of the molecule is CCN1C(=CC=Cc2n(CCc3ccccc3)c3cc(C(F)(F)F)c(Cl)cc3[n+]2CCS(=O)(=O)O)N(CCc2ccccc2)c2cc(C(F)(F)F)c(Cl)cc21. The number of anilines is 2. The molecule has 0 fully saturated rings. The summed E-state index contributed by atoms with van der Waals surface area (Å²) in [6.45, 7) is 2.31. The molecule has 0 radical (unpaired) electrons. The summed E-state index contributed by atoms with van der Waals surface area (Å²) in [7, 11) is -4.51. The smallest absolute Gasteiger partial charge is 0.326 e. The minimum atomic E-state index is -4.79. The second kappa shape index (κ2) is 15.9. The first kappa shape index (κ1) is 40.2. The number of hydrogen-bond donors (Lipinski definition) is 1. The minimum Gasteiger partial charge on any atom is -0.326 e. The van der Waals surface area contributed by atoms with Crippen molar-refractivity contribution in [2.24, 2.45) is 0 Å². The number of alkyl halides is 6. The van der Waals surface area contributed by atoms with Crippen LogP contribution in [0.25, 0.3) is 17.1 Å². The summed E-state index contributed by atoms with van der Waals surface area (Å²) in [6.07, 6.45) is -3.76. The fourth-order valence-corrected chi connectivity index (χ4v) is 7.73. The molecule has 0 saturated heterocycles. The van der Waals surface area contributed by atoms with Gasteiger partial charge < -0.3 is 9.80 Å². The summed E-state index contributed by atoms with van der Waals surface area (Å²) in [6, 6.07) is 23.0. The van der Waals surface area contributed by atoms with Crippen molar-refractivity contribution in [2.45, 2.75) is 45.2 Å².